The second-order valence-electron chi connectivity index (χ2n) is 5.41. The fourth-order valence-corrected chi connectivity index (χ4v) is 2.03. The zero-order valence-corrected chi connectivity index (χ0v) is 12.5. The van der Waals surface area contributed by atoms with Crippen molar-refractivity contribution in [3.05, 3.63) is 11.8 Å². The summed E-state index contributed by atoms with van der Waals surface area (Å²) in [5, 5.41) is 2.40. The van der Waals surface area contributed by atoms with Crippen LogP contribution in [0.2, 0.25) is 0 Å². The molecule has 1 unspecified atom stereocenters. The van der Waals surface area contributed by atoms with Gasteiger partial charge in [0.15, 0.2) is 0 Å². The normalized spacial score (nSPS) is 19.9. The summed E-state index contributed by atoms with van der Waals surface area (Å²) < 4.78 is 67.1. The molecule has 1 aliphatic carbocycles. The van der Waals surface area contributed by atoms with Crippen LogP contribution < -0.4 is 5.32 Å². The molecular formula is C11H16F3NO5S. The number of ether oxygens (including phenoxy) is 1. The molecule has 1 amide bonds. The van der Waals surface area contributed by atoms with Crippen LogP contribution in [0.4, 0.5) is 18.0 Å². The van der Waals surface area contributed by atoms with Gasteiger partial charge in [-0.25, -0.2) is 4.79 Å². The SMILES string of the molecule is CC(C)(C)OC(=O)NC1C=C(OS(=O)(=O)C(F)(F)F)CC1. The third-order valence-corrected chi connectivity index (χ3v) is 3.29. The molecule has 1 rings (SSSR count). The quantitative estimate of drug-likeness (QED) is 0.634. The first kappa shape index (κ1) is 17.6. The molecule has 0 spiro atoms. The van der Waals surface area contributed by atoms with Crippen molar-refractivity contribution in [3.63, 3.8) is 0 Å². The Morgan fingerprint density at radius 2 is 1.90 bits per heavy atom. The predicted octanol–water partition coefficient (Wildman–Crippen LogP) is 2.42. The van der Waals surface area contributed by atoms with Crippen molar-refractivity contribution < 1.29 is 35.3 Å². The van der Waals surface area contributed by atoms with Gasteiger partial charge in [0.1, 0.15) is 11.4 Å². The zero-order valence-electron chi connectivity index (χ0n) is 11.7. The minimum absolute atomic E-state index is 0.0320. The summed E-state index contributed by atoms with van der Waals surface area (Å²) in [6.07, 6.45) is 0.564. The van der Waals surface area contributed by atoms with E-state index in [1.54, 1.807) is 20.8 Å². The summed E-state index contributed by atoms with van der Waals surface area (Å²) in [6, 6.07) is -0.640. The summed E-state index contributed by atoms with van der Waals surface area (Å²) >= 11 is 0. The lowest BCUT2D eigenvalue weighted by Gasteiger charge is -2.21. The minimum atomic E-state index is -5.67. The first-order valence-electron chi connectivity index (χ1n) is 6.01. The molecule has 0 aromatic rings. The van der Waals surface area contributed by atoms with Crippen molar-refractivity contribution >= 4 is 16.2 Å². The maximum atomic E-state index is 12.1. The molecule has 0 bridgehead atoms. The predicted molar refractivity (Wildman–Crippen MR) is 66.5 cm³/mol. The molecule has 122 valence electrons. The topological polar surface area (TPSA) is 81.7 Å². The highest BCUT2D eigenvalue weighted by molar-refractivity contribution is 7.87. The third kappa shape index (κ3) is 5.44. The van der Waals surface area contributed by atoms with E-state index in [0.717, 1.165) is 6.08 Å². The van der Waals surface area contributed by atoms with Gasteiger partial charge in [0.05, 0.1) is 6.04 Å². The number of nitrogens with one attached hydrogen (secondary N) is 1. The first-order chi connectivity index (χ1) is 9.30. The van der Waals surface area contributed by atoms with Crippen molar-refractivity contribution in [1.29, 1.82) is 0 Å². The molecular weight excluding hydrogens is 315 g/mol. The van der Waals surface area contributed by atoms with Crippen LogP contribution in [0.1, 0.15) is 33.6 Å². The number of carbonyl (C=O) groups is 1. The Hall–Kier alpha value is -1.45. The van der Waals surface area contributed by atoms with E-state index < -0.39 is 33.4 Å². The van der Waals surface area contributed by atoms with Crippen LogP contribution in [-0.4, -0.2) is 31.7 Å². The lowest BCUT2D eigenvalue weighted by atomic mass is 10.2. The van der Waals surface area contributed by atoms with Gasteiger partial charge < -0.3 is 14.2 Å². The highest BCUT2D eigenvalue weighted by atomic mass is 32.2. The van der Waals surface area contributed by atoms with Crippen molar-refractivity contribution in [2.24, 2.45) is 0 Å². The summed E-state index contributed by atoms with van der Waals surface area (Å²) in [7, 11) is -5.67. The van der Waals surface area contributed by atoms with Gasteiger partial charge in [-0.15, -0.1) is 0 Å². The third-order valence-electron chi connectivity index (χ3n) is 2.29. The molecule has 10 heteroatoms. The monoisotopic (exact) mass is 331 g/mol. The Morgan fingerprint density at radius 1 is 1.33 bits per heavy atom. The Morgan fingerprint density at radius 3 is 2.38 bits per heavy atom. The van der Waals surface area contributed by atoms with Gasteiger partial charge in [0.25, 0.3) is 0 Å². The van der Waals surface area contributed by atoms with E-state index in [-0.39, 0.29) is 18.6 Å². The Labute approximate surface area is 120 Å². The molecule has 0 aliphatic heterocycles. The highest BCUT2D eigenvalue weighted by Gasteiger charge is 2.49. The number of amides is 1. The molecule has 0 heterocycles. The van der Waals surface area contributed by atoms with E-state index in [9.17, 15) is 26.4 Å². The number of alkyl halides is 3. The molecule has 0 aromatic carbocycles. The van der Waals surface area contributed by atoms with E-state index in [4.69, 9.17) is 4.74 Å². The first-order valence-corrected chi connectivity index (χ1v) is 7.42. The van der Waals surface area contributed by atoms with Gasteiger partial charge in [-0.2, -0.15) is 21.6 Å². The fraction of sp³-hybridized carbons (Fsp3) is 0.727. The van der Waals surface area contributed by atoms with Gasteiger partial charge in [-0.05, 0) is 33.3 Å². The second-order valence-corrected chi connectivity index (χ2v) is 6.95. The number of hydrogen-bond donors (Lipinski definition) is 1. The summed E-state index contributed by atoms with van der Waals surface area (Å²) in [5.74, 6) is -0.353. The van der Waals surface area contributed by atoms with Gasteiger partial charge in [-0.3, -0.25) is 0 Å². The second kappa shape index (κ2) is 5.74. The van der Waals surface area contributed by atoms with E-state index >= 15 is 0 Å². The lowest BCUT2D eigenvalue weighted by molar-refractivity contribution is -0.0522. The van der Waals surface area contributed by atoms with Crippen LogP contribution in [0.5, 0.6) is 0 Å². The standard InChI is InChI=1S/C11H16F3NO5S/c1-10(2,3)19-9(16)15-7-4-5-8(6-7)20-21(17,18)11(12,13)14/h6-7H,4-5H2,1-3H3,(H,15,16). The Balaban J connectivity index is 2.62. The van der Waals surface area contributed by atoms with Gasteiger partial charge in [0, 0.05) is 6.42 Å². The molecule has 0 saturated carbocycles. The fourth-order valence-electron chi connectivity index (χ4n) is 1.52. The molecule has 0 fully saturated rings. The smallest absolute Gasteiger partial charge is 0.444 e. The molecule has 21 heavy (non-hydrogen) atoms. The molecule has 0 saturated heterocycles. The van der Waals surface area contributed by atoms with E-state index in [1.807, 2.05) is 0 Å². The summed E-state index contributed by atoms with van der Waals surface area (Å²) in [6.45, 7) is 4.96. The van der Waals surface area contributed by atoms with Crippen LogP contribution in [0.3, 0.4) is 0 Å². The van der Waals surface area contributed by atoms with Crippen LogP contribution in [0.15, 0.2) is 11.8 Å². The van der Waals surface area contributed by atoms with Crippen molar-refractivity contribution in [2.75, 3.05) is 0 Å². The van der Waals surface area contributed by atoms with Crippen molar-refractivity contribution in [2.45, 2.75) is 50.8 Å². The number of halogens is 3. The van der Waals surface area contributed by atoms with Gasteiger partial charge in [0.2, 0.25) is 0 Å². The van der Waals surface area contributed by atoms with Gasteiger partial charge >= 0.3 is 21.7 Å². The van der Waals surface area contributed by atoms with E-state index in [1.165, 1.54) is 0 Å². The zero-order chi connectivity index (χ0) is 16.5. The molecule has 1 N–H and O–H groups in total. The van der Waals surface area contributed by atoms with Crippen molar-refractivity contribution in [3.8, 4) is 0 Å². The van der Waals surface area contributed by atoms with E-state index in [0.29, 0.717) is 0 Å². The maximum Gasteiger partial charge on any atom is 0.534 e. The van der Waals surface area contributed by atoms with Crippen LogP contribution in [0.25, 0.3) is 0 Å². The summed E-state index contributed by atoms with van der Waals surface area (Å²) in [5.41, 5.74) is -6.20. The molecule has 0 radical (unpaired) electrons. The van der Waals surface area contributed by atoms with Crippen LogP contribution in [-0.2, 0) is 19.0 Å². The number of allylic oxidation sites excluding steroid dienone is 1. The average molecular weight is 331 g/mol. The lowest BCUT2D eigenvalue weighted by Crippen LogP contribution is -2.37. The number of alkyl carbamates (subject to hydrolysis) is 1. The van der Waals surface area contributed by atoms with Crippen molar-refractivity contribution in [1.82, 2.24) is 5.32 Å². The maximum absolute atomic E-state index is 12.1. The molecule has 0 aromatic heterocycles. The number of carbonyl (C=O) groups excluding carboxylic acids is 1. The van der Waals surface area contributed by atoms with Crippen LogP contribution >= 0.6 is 0 Å². The highest BCUT2D eigenvalue weighted by Crippen LogP contribution is 2.30. The molecule has 1 aliphatic rings. The Kier molecular flexibility index (Phi) is 4.81. The van der Waals surface area contributed by atoms with Crippen LogP contribution in [0, 0.1) is 0 Å². The molecule has 1 atom stereocenters. The number of rotatable bonds is 3. The largest absolute Gasteiger partial charge is 0.534 e. The average Bonchev–Trinajstić information content (AvgIpc) is 2.59. The number of hydrogen-bond acceptors (Lipinski definition) is 5. The Bertz CT molecular complexity index is 533. The summed E-state index contributed by atoms with van der Waals surface area (Å²) in [4.78, 5) is 11.5. The molecule has 6 nitrogen and oxygen atoms in total. The minimum Gasteiger partial charge on any atom is -0.444 e. The van der Waals surface area contributed by atoms with E-state index in [2.05, 4.69) is 9.50 Å². The van der Waals surface area contributed by atoms with Gasteiger partial charge in [-0.1, -0.05) is 0 Å².